The van der Waals surface area contributed by atoms with E-state index < -0.39 is 0 Å². The number of likely N-dealkylation sites (tertiary alicyclic amines) is 1. The second-order valence-electron chi connectivity index (χ2n) is 8.93. The Morgan fingerprint density at radius 2 is 1.94 bits per heavy atom. The van der Waals surface area contributed by atoms with Crippen LogP contribution in [0.2, 0.25) is 0 Å². The molecule has 1 unspecified atom stereocenters. The number of piperidine rings is 1. The molecular formula is C26H31N5O3. The Labute approximate surface area is 199 Å². The lowest BCUT2D eigenvalue weighted by Gasteiger charge is -2.31. The summed E-state index contributed by atoms with van der Waals surface area (Å²) in [7, 11) is 0. The van der Waals surface area contributed by atoms with Gasteiger partial charge in [-0.25, -0.2) is 10.6 Å². The maximum absolute atomic E-state index is 12.8. The summed E-state index contributed by atoms with van der Waals surface area (Å²) in [6.07, 6.45) is 8.60. The fourth-order valence-corrected chi connectivity index (χ4v) is 4.48. The van der Waals surface area contributed by atoms with Gasteiger partial charge < -0.3 is 15.5 Å². The number of nitrogens with two attached hydrogens (primary N) is 2. The molecule has 0 radical (unpaired) electrons. The van der Waals surface area contributed by atoms with E-state index in [1.54, 1.807) is 0 Å². The van der Waals surface area contributed by atoms with Gasteiger partial charge >= 0.3 is 5.97 Å². The number of allylic oxidation sites excluding steroid dienone is 1. The van der Waals surface area contributed by atoms with Crippen molar-refractivity contribution in [1.82, 2.24) is 4.90 Å². The number of esters is 1. The standard InChI is InChI=1S/C26H31N5O3/c1-18-14-22-15-20(6-9-24(22)26(33)34-18)3-2-19-10-12-30(13-11-19)25(32)16-21-4-7-23(8-5-21)31(28)17-29-27/h2-9,15,17-19H,10-14,16,27-28H2,1H3/b3-2+,29-17-. The Kier molecular flexibility index (Phi) is 7.27. The van der Waals surface area contributed by atoms with Gasteiger partial charge in [-0.05, 0) is 60.6 Å². The van der Waals surface area contributed by atoms with E-state index in [-0.39, 0.29) is 18.0 Å². The van der Waals surface area contributed by atoms with E-state index in [0.717, 1.165) is 54.7 Å². The van der Waals surface area contributed by atoms with E-state index in [2.05, 4.69) is 23.3 Å². The van der Waals surface area contributed by atoms with Crippen LogP contribution in [0.25, 0.3) is 6.08 Å². The predicted molar refractivity (Wildman–Crippen MR) is 133 cm³/mol. The maximum Gasteiger partial charge on any atom is 0.338 e. The van der Waals surface area contributed by atoms with E-state index in [0.29, 0.717) is 17.9 Å². The molecule has 2 aromatic rings. The average Bonchev–Trinajstić information content (AvgIpc) is 2.83. The van der Waals surface area contributed by atoms with E-state index in [9.17, 15) is 9.59 Å². The summed E-state index contributed by atoms with van der Waals surface area (Å²) in [6, 6.07) is 13.4. The van der Waals surface area contributed by atoms with Crippen molar-refractivity contribution in [2.24, 2.45) is 22.7 Å². The molecule has 0 bridgehead atoms. The van der Waals surface area contributed by atoms with Gasteiger partial charge in [0.25, 0.3) is 0 Å². The SMILES string of the molecule is CC1Cc2cc(/C=C/C3CCN(C(=O)Cc4ccc(N(N)/C=N\N)cc4)CC3)ccc2C(=O)O1. The molecule has 2 aromatic carbocycles. The first-order valence-corrected chi connectivity index (χ1v) is 11.6. The minimum absolute atomic E-state index is 0.0833. The number of hydrazine groups is 1. The largest absolute Gasteiger partial charge is 0.459 e. The molecule has 1 saturated heterocycles. The third-order valence-electron chi connectivity index (χ3n) is 6.40. The van der Waals surface area contributed by atoms with Crippen molar-refractivity contribution in [2.45, 2.75) is 38.7 Å². The molecule has 2 aliphatic rings. The maximum atomic E-state index is 12.8. The lowest BCUT2D eigenvalue weighted by Crippen LogP contribution is -2.39. The second kappa shape index (κ2) is 10.5. The Hall–Kier alpha value is -3.65. The van der Waals surface area contributed by atoms with Gasteiger partial charge in [0.1, 0.15) is 12.4 Å². The van der Waals surface area contributed by atoms with Gasteiger partial charge in [-0.2, -0.15) is 5.10 Å². The number of carbonyl (C=O) groups excluding carboxylic acids is 2. The number of ether oxygens (including phenoxy) is 1. The predicted octanol–water partition coefficient (Wildman–Crippen LogP) is 2.86. The van der Waals surface area contributed by atoms with Crippen LogP contribution in [0.15, 0.2) is 53.6 Å². The summed E-state index contributed by atoms with van der Waals surface area (Å²) in [4.78, 5) is 26.7. The third kappa shape index (κ3) is 5.63. The molecule has 8 heteroatoms. The highest BCUT2D eigenvalue weighted by Crippen LogP contribution is 2.24. The molecular weight excluding hydrogens is 430 g/mol. The smallest absolute Gasteiger partial charge is 0.338 e. The van der Waals surface area contributed by atoms with Gasteiger partial charge in [-0.15, -0.1) is 0 Å². The summed E-state index contributed by atoms with van der Waals surface area (Å²) >= 11 is 0. The first-order valence-electron chi connectivity index (χ1n) is 11.6. The number of hydrogen-bond acceptors (Lipinski definition) is 6. The molecule has 2 heterocycles. The summed E-state index contributed by atoms with van der Waals surface area (Å²) < 4.78 is 5.29. The molecule has 8 nitrogen and oxygen atoms in total. The van der Waals surface area contributed by atoms with Crippen LogP contribution < -0.4 is 16.7 Å². The van der Waals surface area contributed by atoms with Gasteiger partial charge in [0, 0.05) is 19.5 Å². The molecule has 1 amide bonds. The number of amides is 1. The molecule has 34 heavy (non-hydrogen) atoms. The van der Waals surface area contributed by atoms with Gasteiger partial charge in [-0.3, -0.25) is 9.80 Å². The lowest BCUT2D eigenvalue weighted by molar-refractivity contribution is -0.131. The number of fused-ring (bicyclic) bond motifs is 1. The van der Waals surface area contributed by atoms with E-state index in [4.69, 9.17) is 16.4 Å². The van der Waals surface area contributed by atoms with Crippen molar-refractivity contribution >= 4 is 30.0 Å². The topological polar surface area (TPSA) is 114 Å². The zero-order valence-corrected chi connectivity index (χ0v) is 19.4. The zero-order chi connectivity index (χ0) is 24.1. The van der Waals surface area contributed by atoms with Crippen LogP contribution in [0.4, 0.5) is 5.69 Å². The van der Waals surface area contributed by atoms with Gasteiger partial charge in [0.15, 0.2) is 0 Å². The second-order valence-corrected chi connectivity index (χ2v) is 8.93. The molecule has 2 aliphatic heterocycles. The number of nitrogens with zero attached hydrogens (tertiary/aromatic N) is 3. The Bertz CT molecular complexity index is 1090. The number of carbonyl (C=O) groups is 2. The number of hydrogen-bond donors (Lipinski definition) is 2. The van der Waals surface area contributed by atoms with E-state index in [1.807, 2.05) is 48.2 Å². The minimum Gasteiger partial charge on any atom is -0.459 e. The Morgan fingerprint density at radius 1 is 1.21 bits per heavy atom. The summed E-state index contributed by atoms with van der Waals surface area (Å²) in [5.41, 5.74) is 4.50. The summed E-state index contributed by atoms with van der Waals surface area (Å²) in [5, 5.41) is 4.72. The molecule has 0 aromatic heterocycles. The van der Waals surface area contributed by atoms with Crippen LogP contribution in [0.1, 0.15) is 46.8 Å². The third-order valence-corrected chi connectivity index (χ3v) is 6.40. The van der Waals surface area contributed by atoms with Crippen molar-refractivity contribution < 1.29 is 14.3 Å². The molecule has 1 atom stereocenters. The molecule has 0 aliphatic carbocycles. The van der Waals surface area contributed by atoms with Crippen LogP contribution in [-0.2, 0) is 22.4 Å². The van der Waals surface area contributed by atoms with Gasteiger partial charge in [0.2, 0.25) is 5.91 Å². The van der Waals surface area contributed by atoms with Crippen LogP contribution in [-0.4, -0.2) is 42.3 Å². The van der Waals surface area contributed by atoms with Gasteiger partial charge in [-0.1, -0.05) is 36.4 Å². The summed E-state index contributed by atoms with van der Waals surface area (Å²) in [5.74, 6) is 11.2. The molecule has 4 N–H and O–H groups in total. The number of anilines is 1. The van der Waals surface area contributed by atoms with E-state index >= 15 is 0 Å². The molecule has 1 fully saturated rings. The molecule has 0 saturated carbocycles. The average molecular weight is 462 g/mol. The number of hydrazone groups is 1. The molecule has 178 valence electrons. The van der Waals surface area contributed by atoms with Crippen molar-refractivity contribution in [2.75, 3.05) is 18.1 Å². The van der Waals surface area contributed by atoms with Crippen molar-refractivity contribution in [3.05, 3.63) is 70.8 Å². The Balaban J connectivity index is 1.28. The number of cyclic esters (lactones) is 1. The first kappa shape index (κ1) is 23.5. The Morgan fingerprint density at radius 3 is 2.65 bits per heavy atom. The van der Waals surface area contributed by atoms with Crippen LogP contribution >= 0.6 is 0 Å². The molecule has 4 rings (SSSR count). The highest BCUT2D eigenvalue weighted by molar-refractivity contribution is 5.92. The number of rotatable bonds is 6. The van der Waals surface area contributed by atoms with Crippen molar-refractivity contribution in [1.29, 1.82) is 0 Å². The quantitative estimate of drug-likeness (QED) is 0.225. The fourth-order valence-electron chi connectivity index (χ4n) is 4.48. The highest BCUT2D eigenvalue weighted by Gasteiger charge is 2.24. The normalized spacial score (nSPS) is 18.8. The van der Waals surface area contributed by atoms with Gasteiger partial charge in [0.05, 0.1) is 17.7 Å². The van der Waals surface area contributed by atoms with E-state index in [1.165, 1.54) is 11.3 Å². The minimum atomic E-state index is -0.236. The lowest BCUT2D eigenvalue weighted by atomic mass is 9.93. The van der Waals surface area contributed by atoms with Crippen molar-refractivity contribution in [3.8, 4) is 0 Å². The van der Waals surface area contributed by atoms with Crippen molar-refractivity contribution in [3.63, 3.8) is 0 Å². The fraction of sp³-hybridized carbons (Fsp3) is 0.346. The van der Waals surface area contributed by atoms with Crippen LogP contribution in [0.5, 0.6) is 0 Å². The zero-order valence-electron chi connectivity index (χ0n) is 19.4. The van der Waals surface area contributed by atoms with Crippen LogP contribution in [0, 0.1) is 5.92 Å². The first-order chi connectivity index (χ1) is 16.4. The highest BCUT2D eigenvalue weighted by atomic mass is 16.5. The number of benzene rings is 2. The monoisotopic (exact) mass is 461 g/mol. The molecule has 0 spiro atoms. The summed E-state index contributed by atoms with van der Waals surface area (Å²) in [6.45, 7) is 3.42. The van der Waals surface area contributed by atoms with Crippen LogP contribution in [0.3, 0.4) is 0 Å².